The van der Waals surface area contributed by atoms with Crippen LogP contribution in [0.2, 0.25) is 0 Å². The first-order valence-corrected chi connectivity index (χ1v) is 15.0. The van der Waals surface area contributed by atoms with Gasteiger partial charge in [0.1, 0.15) is 17.1 Å². The van der Waals surface area contributed by atoms with Crippen molar-refractivity contribution in [2.75, 3.05) is 13.7 Å². The van der Waals surface area contributed by atoms with Gasteiger partial charge in [-0.05, 0) is 42.5 Å². The van der Waals surface area contributed by atoms with Gasteiger partial charge in [-0.3, -0.25) is 4.57 Å². The van der Waals surface area contributed by atoms with E-state index in [-0.39, 0.29) is 0 Å². The lowest BCUT2D eigenvalue weighted by molar-refractivity contribution is 0.0773. The van der Waals surface area contributed by atoms with E-state index in [9.17, 15) is 0 Å². The first kappa shape index (κ1) is 29.3. The SMILES string of the molecule is COc1ccc2c(c1)c(-c1cc3[nH]c(=S)cnc3n1COCCCCCCCCCCCC(C)(C)C)cn2C. The van der Waals surface area contributed by atoms with Crippen LogP contribution in [0.1, 0.15) is 85.0 Å². The Morgan fingerprint density at radius 1 is 0.949 bits per heavy atom. The maximum Gasteiger partial charge on any atom is 0.158 e. The number of benzene rings is 1. The molecule has 4 aromatic rings. The van der Waals surface area contributed by atoms with Crippen LogP contribution in [-0.2, 0) is 18.5 Å². The molecule has 1 aromatic carbocycles. The van der Waals surface area contributed by atoms with E-state index in [2.05, 4.69) is 71.3 Å². The van der Waals surface area contributed by atoms with Crippen LogP contribution in [0, 0.1) is 10.1 Å². The summed E-state index contributed by atoms with van der Waals surface area (Å²) in [6.07, 6.45) is 17.0. The van der Waals surface area contributed by atoms with Gasteiger partial charge in [-0.1, -0.05) is 84.4 Å². The summed E-state index contributed by atoms with van der Waals surface area (Å²) in [6, 6.07) is 8.31. The normalized spacial score (nSPS) is 12.1. The van der Waals surface area contributed by atoms with Gasteiger partial charge < -0.3 is 19.0 Å². The van der Waals surface area contributed by atoms with Crippen molar-refractivity contribution < 1.29 is 9.47 Å². The zero-order chi connectivity index (χ0) is 27.8. The lowest BCUT2D eigenvalue weighted by atomic mass is 9.89. The molecule has 0 bridgehead atoms. The fourth-order valence-electron chi connectivity index (χ4n) is 5.36. The van der Waals surface area contributed by atoms with Crippen molar-refractivity contribution in [2.24, 2.45) is 12.5 Å². The number of rotatable bonds is 15. The van der Waals surface area contributed by atoms with E-state index in [1.165, 1.54) is 57.8 Å². The topological polar surface area (TPSA) is 57.0 Å². The lowest BCUT2D eigenvalue weighted by Crippen LogP contribution is -2.06. The zero-order valence-electron chi connectivity index (χ0n) is 24.5. The van der Waals surface area contributed by atoms with Gasteiger partial charge in [-0.2, -0.15) is 0 Å². The van der Waals surface area contributed by atoms with Crippen molar-refractivity contribution in [1.82, 2.24) is 19.1 Å². The minimum absolute atomic E-state index is 0.450. The number of fused-ring (bicyclic) bond motifs is 2. The molecule has 4 rings (SSSR count). The van der Waals surface area contributed by atoms with Gasteiger partial charge >= 0.3 is 0 Å². The maximum atomic E-state index is 6.19. The molecule has 212 valence electrons. The maximum absolute atomic E-state index is 6.19. The Kier molecular flexibility index (Phi) is 10.2. The quantitative estimate of drug-likeness (QED) is 0.118. The molecule has 0 saturated heterocycles. The molecule has 6 nitrogen and oxygen atoms in total. The average Bonchev–Trinajstić information content (AvgIpc) is 3.42. The average molecular weight is 551 g/mol. The molecule has 0 saturated carbocycles. The standard InChI is InChI=1S/C32H46N4O2S/c1-32(2,3)17-13-11-9-7-6-8-10-12-14-18-38-23-36-29(20-27-31(36)33-21-30(39)34-27)26-22-35(4)28-16-15-24(37-5)19-25(26)28/h15-16,19-22H,6-14,17-18,23H2,1-5H3,(H,34,39). The Morgan fingerprint density at radius 3 is 2.33 bits per heavy atom. The minimum Gasteiger partial charge on any atom is -0.497 e. The van der Waals surface area contributed by atoms with Crippen molar-refractivity contribution >= 4 is 34.3 Å². The van der Waals surface area contributed by atoms with E-state index in [1.807, 2.05) is 6.07 Å². The Bertz CT molecular complexity index is 1410. The summed E-state index contributed by atoms with van der Waals surface area (Å²) in [7, 11) is 3.77. The molecule has 3 heterocycles. The molecular weight excluding hydrogens is 504 g/mol. The van der Waals surface area contributed by atoms with Crippen LogP contribution in [-0.4, -0.2) is 32.8 Å². The number of hydrogen-bond donors (Lipinski definition) is 1. The highest BCUT2D eigenvalue weighted by atomic mass is 32.1. The molecule has 0 spiro atoms. The smallest absolute Gasteiger partial charge is 0.158 e. The number of hydrogen-bond acceptors (Lipinski definition) is 4. The number of H-pyrrole nitrogens is 1. The summed E-state index contributed by atoms with van der Waals surface area (Å²) >= 11 is 5.35. The highest BCUT2D eigenvalue weighted by Crippen LogP contribution is 2.35. The summed E-state index contributed by atoms with van der Waals surface area (Å²) in [6.45, 7) is 8.21. The molecule has 0 amide bonds. The molecule has 39 heavy (non-hydrogen) atoms. The van der Waals surface area contributed by atoms with Crippen LogP contribution in [0.15, 0.2) is 36.7 Å². The Morgan fingerprint density at radius 2 is 1.64 bits per heavy atom. The number of nitrogens with zero attached hydrogens (tertiary/aromatic N) is 3. The van der Waals surface area contributed by atoms with Gasteiger partial charge in [0, 0.05) is 36.3 Å². The molecule has 0 radical (unpaired) electrons. The van der Waals surface area contributed by atoms with E-state index in [4.69, 9.17) is 21.7 Å². The molecular formula is C32H46N4O2S. The van der Waals surface area contributed by atoms with Crippen molar-refractivity contribution in [3.63, 3.8) is 0 Å². The second-order valence-corrected chi connectivity index (χ2v) is 12.4. The highest BCUT2D eigenvalue weighted by Gasteiger charge is 2.17. The van der Waals surface area contributed by atoms with E-state index >= 15 is 0 Å². The van der Waals surface area contributed by atoms with E-state index in [1.54, 1.807) is 13.3 Å². The molecule has 0 aliphatic carbocycles. The van der Waals surface area contributed by atoms with Crippen molar-refractivity contribution in [3.8, 4) is 17.0 Å². The molecule has 0 aliphatic heterocycles. The number of ether oxygens (including phenoxy) is 2. The monoisotopic (exact) mass is 550 g/mol. The van der Waals surface area contributed by atoms with Gasteiger partial charge in [0.2, 0.25) is 0 Å². The molecule has 3 aromatic heterocycles. The van der Waals surface area contributed by atoms with Crippen LogP contribution in [0.3, 0.4) is 0 Å². The van der Waals surface area contributed by atoms with Crippen LogP contribution in [0.5, 0.6) is 5.75 Å². The van der Waals surface area contributed by atoms with Crippen LogP contribution in [0.25, 0.3) is 33.3 Å². The van der Waals surface area contributed by atoms with Crippen molar-refractivity contribution in [1.29, 1.82) is 0 Å². The predicted octanol–water partition coefficient (Wildman–Crippen LogP) is 9.18. The summed E-state index contributed by atoms with van der Waals surface area (Å²) in [5, 5.41) is 1.13. The second-order valence-electron chi connectivity index (χ2n) is 12.0. The number of aromatic amines is 1. The van der Waals surface area contributed by atoms with E-state index < -0.39 is 0 Å². The molecule has 0 aliphatic rings. The highest BCUT2D eigenvalue weighted by molar-refractivity contribution is 7.71. The van der Waals surface area contributed by atoms with Crippen molar-refractivity contribution in [3.05, 3.63) is 41.3 Å². The van der Waals surface area contributed by atoms with Gasteiger partial charge in [0.05, 0.1) is 24.5 Å². The first-order chi connectivity index (χ1) is 18.8. The fourth-order valence-corrected chi connectivity index (χ4v) is 5.53. The van der Waals surface area contributed by atoms with Crippen LogP contribution in [0.4, 0.5) is 0 Å². The molecule has 1 N–H and O–H groups in total. The number of nitrogens with one attached hydrogen (secondary N) is 1. The number of methoxy groups -OCH3 is 1. The van der Waals surface area contributed by atoms with Gasteiger partial charge in [0.15, 0.2) is 5.65 Å². The Balaban J connectivity index is 1.30. The second kappa shape index (κ2) is 13.6. The minimum atomic E-state index is 0.450. The Hall–Kier alpha value is -2.64. The zero-order valence-corrected chi connectivity index (χ0v) is 25.3. The number of aromatic nitrogens is 4. The summed E-state index contributed by atoms with van der Waals surface area (Å²) < 4.78 is 16.6. The first-order valence-electron chi connectivity index (χ1n) is 14.6. The Labute approximate surface area is 238 Å². The largest absolute Gasteiger partial charge is 0.497 e. The summed E-state index contributed by atoms with van der Waals surface area (Å²) in [5.41, 5.74) is 5.56. The van der Waals surface area contributed by atoms with Gasteiger partial charge in [-0.25, -0.2) is 4.98 Å². The molecule has 7 heteroatoms. The lowest BCUT2D eigenvalue weighted by Gasteiger charge is -2.17. The molecule has 0 unspecified atom stereocenters. The van der Waals surface area contributed by atoms with Crippen molar-refractivity contribution in [2.45, 2.75) is 91.7 Å². The third-order valence-corrected chi connectivity index (χ3v) is 7.75. The van der Waals surface area contributed by atoms with Crippen LogP contribution < -0.4 is 4.74 Å². The third-order valence-electron chi connectivity index (χ3n) is 7.54. The number of unbranched alkanes of at least 4 members (excludes halogenated alkanes) is 8. The molecule has 0 atom stereocenters. The summed E-state index contributed by atoms with van der Waals surface area (Å²) in [4.78, 5) is 7.95. The molecule has 0 fully saturated rings. The van der Waals surface area contributed by atoms with E-state index in [0.717, 1.165) is 52.1 Å². The third kappa shape index (κ3) is 7.95. The van der Waals surface area contributed by atoms with Gasteiger partial charge in [-0.15, -0.1) is 0 Å². The summed E-state index contributed by atoms with van der Waals surface area (Å²) in [5.74, 6) is 0.840. The van der Waals surface area contributed by atoms with E-state index in [0.29, 0.717) is 16.8 Å². The predicted molar refractivity (Wildman–Crippen MR) is 165 cm³/mol. The van der Waals surface area contributed by atoms with Crippen LogP contribution >= 0.6 is 12.2 Å². The number of aryl methyl sites for hydroxylation is 1. The van der Waals surface area contributed by atoms with Gasteiger partial charge in [0.25, 0.3) is 0 Å². The fraction of sp³-hybridized carbons (Fsp3) is 0.562.